The fourth-order valence-electron chi connectivity index (χ4n) is 1.29. The van der Waals surface area contributed by atoms with Crippen LogP contribution in [0.25, 0.3) is 17.0 Å². The molecule has 0 aliphatic carbocycles. The van der Waals surface area contributed by atoms with Crippen LogP contribution < -0.4 is 5.73 Å². The first-order chi connectivity index (χ1) is 6.29. The van der Waals surface area contributed by atoms with Crippen molar-refractivity contribution in [2.24, 2.45) is 0 Å². The average Bonchev–Trinajstić information content (AvgIpc) is 2.16. The molecule has 0 amide bonds. The van der Waals surface area contributed by atoms with Crippen molar-refractivity contribution >= 4 is 22.7 Å². The first-order valence-electron chi connectivity index (χ1n) is 4.07. The molecule has 0 spiro atoms. The molecule has 2 nitrogen and oxygen atoms in total. The van der Waals surface area contributed by atoms with E-state index in [-0.39, 0.29) is 0 Å². The van der Waals surface area contributed by atoms with E-state index < -0.39 is 0 Å². The minimum atomic E-state index is 0.689. The van der Waals surface area contributed by atoms with E-state index in [0.717, 1.165) is 16.5 Å². The Morgan fingerprint density at radius 2 is 2.15 bits per heavy atom. The van der Waals surface area contributed by atoms with Crippen molar-refractivity contribution in [1.82, 2.24) is 4.98 Å². The first kappa shape index (κ1) is 7.80. The highest BCUT2D eigenvalue weighted by Gasteiger charge is 1.95. The molecule has 2 heteroatoms. The maximum absolute atomic E-state index is 5.63. The Balaban J connectivity index is 2.74. The third kappa shape index (κ3) is 1.38. The van der Waals surface area contributed by atoms with E-state index in [1.165, 1.54) is 0 Å². The van der Waals surface area contributed by atoms with E-state index in [2.05, 4.69) is 11.6 Å². The standard InChI is InChI=1S/C11H10N2/c1-2-8-3-4-11-9(5-8)6-10(12)7-13-11/h2-7H,1,12H2. The number of nitrogen functional groups attached to an aromatic ring is 1. The fraction of sp³-hybridized carbons (Fsp3) is 0. The summed E-state index contributed by atoms with van der Waals surface area (Å²) in [5.74, 6) is 0. The summed E-state index contributed by atoms with van der Waals surface area (Å²) >= 11 is 0. The molecule has 64 valence electrons. The van der Waals surface area contributed by atoms with Crippen LogP contribution >= 0.6 is 0 Å². The number of fused-ring (bicyclic) bond motifs is 1. The molecule has 0 aliphatic rings. The molecule has 2 rings (SSSR count). The van der Waals surface area contributed by atoms with Gasteiger partial charge in [0.25, 0.3) is 0 Å². The van der Waals surface area contributed by atoms with E-state index in [4.69, 9.17) is 5.73 Å². The Bertz CT molecular complexity index is 461. The lowest BCUT2D eigenvalue weighted by Gasteiger charge is -1.99. The van der Waals surface area contributed by atoms with Crippen LogP contribution in [0.15, 0.2) is 37.0 Å². The van der Waals surface area contributed by atoms with Crippen LogP contribution in [0.5, 0.6) is 0 Å². The SMILES string of the molecule is C=Cc1ccc2ncc(N)cc2c1. The molecule has 13 heavy (non-hydrogen) atoms. The van der Waals surface area contributed by atoms with E-state index >= 15 is 0 Å². The van der Waals surface area contributed by atoms with Crippen molar-refractivity contribution in [3.8, 4) is 0 Å². The highest BCUT2D eigenvalue weighted by molar-refractivity contribution is 5.83. The summed E-state index contributed by atoms with van der Waals surface area (Å²) in [4.78, 5) is 4.20. The second-order valence-electron chi connectivity index (χ2n) is 2.92. The van der Waals surface area contributed by atoms with Gasteiger partial charge < -0.3 is 5.73 Å². The molecule has 1 aromatic heterocycles. The number of nitrogens with two attached hydrogens (primary N) is 1. The van der Waals surface area contributed by atoms with E-state index in [1.54, 1.807) is 6.20 Å². The zero-order valence-electron chi connectivity index (χ0n) is 7.20. The molecular weight excluding hydrogens is 160 g/mol. The Hall–Kier alpha value is -1.83. The quantitative estimate of drug-likeness (QED) is 0.714. The van der Waals surface area contributed by atoms with Crippen LogP contribution in [0.4, 0.5) is 5.69 Å². The van der Waals surface area contributed by atoms with Crippen LogP contribution in [0.1, 0.15) is 5.56 Å². The molecule has 2 aromatic rings. The number of aromatic nitrogens is 1. The van der Waals surface area contributed by atoms with Crippen LogP contribution in [0.2, 0.25) is 0 Å². The summed E-state index contributed by atoms with van der Waals surface area (Å²) in [6, 6.07) is 7.88. The normalized spacial score (nSPS) is 10.2. The van der Waals surface area contributed by atoms with Crippen molar-refractivity contribution in [2.45, 2.75) is 0 Å². The number of rotatable bonds is 1. The van der Waals surface area contributed by atoms with Gasteiger partial charge in [0, 0.05) is 5.39 Å². The molecular formula is C11H10N2. The third-order valence-electron chi connectivity index (χ3n) is 1.96. The van der Waals surface area contributed by atoms with Crippen molar-refractivity contribution in [1.29, 1.82) is 0 Å². The van der Waals surface area contributed by atoms with Gasteiger partial charge in [-0.25, -0.2) is 0 Å². The summed E-state index contributed by atoms with van der Waals surface area (Å²) in [5, 5.41) is 1.05. The van der Waals surface area contributed by atoms with Gasteiger partial charge in [-0.3, -0.25) is 4.98 Å². The molecule has 0 aliphatic heterocycles. The summed E-state index contributed by atoms with van der Waals surface area (Å²) < 4.78 is 0. The summed E-state index contributed by atoms with van der Waals surface area (Å²) in [5.41, 5.74) is 8.36. The largest absolute Gasteiger partial charge is 0.397 e. The van der Waals surface area contributed by atoms with Gasteiger partial charge in [0.1, 0.15) is 0 Å². The molecule has 0 saturated carbocycles. The highest BCUT2D eigenvalue weighted by atomic mass is 14.7. The topological polar surface area (TPSA) is 38.9 Å². The monoisotopic (exact) mass is 170 g/mol. The highest BCUT2D eigenvalue weighted by Crippen LogP contribution is 2.16. The maximum atomic E-state index is 5.63. The van der Waals surface area contributed by atoms with Crippen molar-refractivity contribution in [3.05, 3.63) is 42.6 Å². The second-order valence-corrected chi connectivity index (χ2v) is 2.92. The smallest absolute Gasteiger partial charge is 0.0704 e. The lowest BCUT2D eigenvalue weighted by atomic mass is 10.1. The van der Waals surface area contributed by atoms with Gasteiger partial charge in [-0.15, -0.1) is 0 Å². The van der Waals surface area contributed by atoms with Crippen LogP contribution in [0.3, 0.4) is 0 Å². The second kappa shape index (κ2) is 2.90. The van der Waals surface area contributed by atoms with Gasteiger partial charge in [0.2, 0.25) is 0 Å². The van der Waals surface area contributed by atoms with Gasteiger partial charge in [-0.1, -0.05) is 18.7 Å². The van der Waals surface area contributed by atoms with Crippen LogP contribution in [-0.4, -0.2) is 4.98 Å². The van der Waals surface area contributed by atoms with Crippen molar-refractivity contribution < 1.29 is 0 Å². The molecule has 0 radical (unpaired) electrons. The molecule has 1 heterocycles. The molecule has 0 saturated heterocycles. The Morgan fingerprint density at radius 3 is 2.92 bits per heavy atom. The molecule has 2 N–H and O–H groups in total. The number of nitrogens with zero attached hydrogens (tertiary/aromatic N) is 1. The minimum absolute atomic E-state index is 0.689. The van der Waals surface area contributed by atoms with Gasteiger partial charge in [-0.05, 0) is 23.8 Å². The number of benzene rings is 1. The first-order valence-corrected chi connectivity index (χ1v) is 4.07. The molecule has 0 atom stereocenters. The summed E-state index contributed by atoms with van der Waals surface area (Å²) in [6.45, 7) is 3.71. The fourth-order valence-corrected chi connectivity index (χ4v) is 1.29. The van der Waals surface area contributed by atoms with E-state index in [1.807, 2.05) is 30.3 Å². The Kier molecular flexibility index (Phi) is 1.74. The van der Waals surface area contributed by atoms with Crippen LogP contribution in [0, 0.1) is 0 Å². The Morgan fingerprint density at radius 1 is 1.31 bits per heavy atom. The Labute approximate surface area is 76.7 Å². The van der Waals surface area contributed by atoms with E-state index in [0.29, 0.717) is 5.69 Å². The van der Waals surface area contributed by atoms with Gasteiger partial charge in [0.15, 0.2) is 0 Å². The molecule has 0 unspecified atom stereocenters. The summed E-state index contributed by atoms with van der Waals surface area (Å²) in [6.07, 6.45) is 3.47. The third-order valence-corrected chi connectivity index (χ3v) is 1.96. The van der Waals surface area contributed by atoms with Crippen molar-refractivity contribution in [2.75, 3.05) is 5.73 Å². The minimum Gasteiger partial charge on any atom is -0.397 e. The summed E-state index contributed by atoms with van der Waals surface area (Å²) in [7, 11) is 0. The van der Waals surface area contributed by atoms with Crippen molar-refractivity contribution in [3.63, 3.8) is 0 Å². The van der Waals surface area contributed by atoms with Gasteiger partial charge in [-0.2, -0.15) is 0 Å². The predicted octanol–water partition coefficient (Wildman–Crippen LogP) is 2.46. The van der Waals surface area contributed by atoms with Gasteiger partial charge in [0.05, 0.1) is 17.4 Å². The zero-order valence-corrected chi connectivity index (χ0v) is 7.20. The predicted molar refractivity (Wildman–Crippen MR) is 56.2 cm³/mol. The number of anilines is 1. The number of pyridine rings is 1. The van der Waals surface area contributed by atoms with Gasteiger partial charge >= 0.3 is 0 Å². The molecule has 0 bridgehead atoms. The lowest BCUT2D eigenvalue weighted by Crippen LogP contribution is -1.87. The molecule has 0 fully saturated rings. The average molecular weight is 170 g/mol. The zero-order chi connectivity index (χ0) is 9.26. The number of hydrogen-bond donors (Lipinski definition) is 1. The number of hydrogen-bond acceptors (Lipinski definition) is 2. The van der Waals surface area contributed by atoms with Crippen LogP contribution in [-0.2, 0) is 0 Å². The van der Waals surface area contributed by atoms with E-state index in [9.17, 15) is 0 Å². The lowest BCUT2D eigenvalue weighted by molar-refractivity contribution is 1.41. The molecule has 1 aromatic carbocycles. The maximum Gasteiger partial charge on any atom is 0.0704 e.